The van der Waals surface area contributed by atoms with Crippen molar-refractivity contribution < 1.29 is 38.1 Å². The lowest BCUT2D eigenvalue weighted by molar-refractivity contribution is -0.156. The highest BCUT2D eigenvalue weighted by molar-refractivity contribution is 6.74. The maximum absolute atomic E-state index is 14.2. The minimum Gasteiger partial charge on any atom is -0.457 e. The smallest absolute Gasteiger partial charge is 0.340 e. The molecule has 1 fully saturated rings. The zero-order valence-electron chi connectivity index (χ0n) is 36.3. The number of Topliss-reactive ketones (excluding diaryl/α,β-unsaturated/α-hetero) is 1. The molecule has 1 saturated heterocycles. The van der Waals surface area contributed by atoms with Crippen molar-refractivity contribution >= 4 is 26.0 Å². The Hall–Kier alpha value is -8.23. The zero-order valence-corrected chi connectivity index (χ0v) is 37.3. The molecule has 1 aromatic carbocycles. The first-order valence-electron chi connectivity index (χ1n) is 19.2. The molecule has 1 unspecified atom stereocenters. The molecule has 12 nitrogen and oxygen atoms in total. The minimum atomic E-state index is -2.71. The van der Waals surface area contributed by atoms with Crippen molar-refractivity contribution in [3.05, 3.63) is 61.9 Å². The fourth-order valence-corrected chi connectivity index (χ4v) is 6.37. The Morgan fingerprint density at radius 2 is 1.31 bits per heavy atom. The first-order valence-corrected chi connectivity index (χ1v) is 22.1. The lowest BCUT2D eigenvalue weighted by Gasteiger charge is -2.40. The van der Waals surface area contributed by atoms with E-state index in [0.717, 1.165) is 16.8 Å². The molecule has 1 aromatic heterocycles. The second kappa shape index (κ2) is 24.3. The van der Waals surface area contributed by atoms with Crippen molar-refractivity contribution in [2.45, 2.75) is 97.1 Å². The summed E-state index contributed by atoms with van der Waals surface area (Å²) in [6, 6.07) is 3.84. The predicted octanol–water partition coefficient (Wildman–Crippen LogP) is 2.88. The second-order valence-corrected chi connectivity index (χ2v) is 19.6. The number of esters is 1. The van der Waals surface area contributed by atoms with Crippen LogP contribution in [0.25, 0.3) is 0 Å². The Kier molecular flexibility index (Phi) is 19.0. The number of nitrogens with zero attached hydrogens (tertiary/aromatic N) is 2. The Morgan fingerprint density at radius 1 is 0.797 bits per heavy atom. The summed E-state index contributed by atoms with van der Waals surface area (Å²) < 4.78 is 25.6. The molecule has 0 amide bonds. The average molecular weight is 869 g/mol. The summed E-state index contributed by atoms with van der Waals surface area (Å²) in [7, 11) is -2.71. The molecule has 0 saturated carbocycles. The number of aliphatic hydroxyl groups is 1. The summed E-state index contributed by atoms with van der Waals surface area (Å²) >= 11 is 0. The largest absolute Gasteiger partial charge is 0.457 e. The van der Waals surface area contributed by atoms with Crippen molar-refractivity contribution in [2.24, 2.45) is 0 Å². The van der Waals surface area contributed by atoms with Crippen LogP contribution >= 0.6 is 0 Å². The molecule has 318 valence electrons. The summed E-state index contributed by atoms with van der Waals surface area (Å²) in [5.74, 6) is 47.2. The van der Waals surface area contributed by atoms with Crippen molar-refractivity contribution in [1.82, 2.24) is 9.13 Å². The van der Waals surface area contributed by atoms with E-state index in [4.69, 9.17) is 25.1 Å². The van der Waals surface area contributed by atoms with Crippen LogP contribution in [0, 0.1) is 145 Å². The molecular weight excluding hydrogens is 829 g/mol. The molecule has 3 rings (SSSR count). The monoisotopic (exact) mass is 868 g/mol. The van der Waals surface area contributed by atoms with Gasteiger partial charge in [-0.05, 0) is 110 Å². The number of carbonyl (C=O) groups is 3. The molecule has 0 bridgehead atoms. The standard InChI is InChI=1S/C51H40N2O10Si/c1-10-11-12-13-14-15-16-17-18-19-20-21-22-23-24-25-26-27-28-29-34-60-42-36-41(35-38(2)40(42)4)48(58)53-44(56)32-33-52(50(53)59)49-47(63-64(8,9)51(5,6)7)46(43(37-54)61-49)62-45(57)31-30-39(3)55/h1,32-33,35-36,43,46-47,49,54H,30-31,37H2,2-9H3/t43-,46+,47?,49-/m1/s1. The van der Waals surface area contributed by atoms with E-state index in [1.807, 2.05) is 33.9 Å². The number of benzene rings is 1. The van der Waals surface area contributed by atoms with Crippen LogP contribution < -0.4 is 16.0 Å². The highest BCUT2D eigenvalue weighted by Crippen LogP contribution is 2.42. The summed E-state index contributed by atoms with van der Waals surface area (Å²) in [5.41, 5.74) is -0.867. The van der Waals surface area contributed by atoms with Crippen molar-refractivity contribution in [3.63, 3.8) is 0 Å². The number of rotatable bonds is 10. The number of aliphatic hydroxyl groups excluding tert-OH is 1. The average Bonchev–Trinajstić information content (AvgIpc) is 3.56. The van der Waals surface area contributed by atoms with Gasteiger partial charge in [0.05, 0.1) is 13.0 Å². The van der Waals surface area contributed by atoms with E-state index in [0.29, 0.717) is 15.7 Å². The number of aromatic nitrogens is 2. The van der Waals surface area contributed by atoms with Gasteiger partial charge in [-0.25, -0.2) is 4.79 Å². The number of terminal acetylenes is 1. The fourth-order valence-electron chi connectivity index (χ4n) is 5.08. The van der Waals surface area contributed by atoms with Crippen molar-refractivity contribution in [1.29, 1.82) is 0 Å². The number of ether oxygens (including phenoxy) is 3. The van der Waals surface area contributed by atoms with E-state index < -0.39 is 62.6 Å². The summed E-state index contributed by atoms with van der Waals surface area (Å²) in [6.45, 7) is 14.0. The quantitative estimate of drug-likeness (QED) is 0.215. The molecule has 0 radical (unpaired) electrons. The van der Waals surface area contributed by atoms with Crippen molar-refractivity contribution in [3.8, 4) is 137 Å². The van der Waals surface area contributed by atoms with Gasteiger partial charge in [0.2, 0.25) is 0 Å². The van der Waals surface area contributed by atoms with Crippen LogP contribution in [-0.2, 0) is 23.5 Å². The maximum Gasteiger partial charge on any atom is 0.340 e. The maximum atomic E-state index is 14.2. The highest BCUT2D eigenvalue weighted by Gasteiger charge is 2.53. The predicted molar refractivity (Wildman–Crippen MR) is 241 cm³/mol. The molecule has 2 heterocycles. The lowest BCUT2D eigenvalue weighted by Crippen LogP contribution is -2.51. The van der Waals surface area contributed by atoms with Crippen LogP contribution in [-0.4, -0.2) is 65.1 Å². The first-order chi connectivity index (χ1) is 30.4. The Morgan fingerprint density at radius 3 is 1.80 bits per heavy atom. The number of ketones is 1. The second-order valence-electron chi connectivity index (χ2n) is 14.9. The summed E-state index contributed by atoms with van der Waals surface area (Å²) in [4.78, 5) is 65.9. The molecule has 1 aliphatic rings. The van der Waals surface area contributed by atoms with Gasteiger partial charge in [0.1, 0.15) is 29.8 Å². The van der Waals surface area contributed by atoms with Crippen LogP contribution in [0.15, 0.2) is 34.0 Å². The Bertz CT molecular complexity index is 3040. The van der Waals surface area contributed by atoms with Gasteiger partial charge in [-0.2, -0.15) is 4.57 Å². The summed E-state index contributed by atoms with van der Waals surface area (Å²) in [6.07, 6.45) is 3.40. The SMILES string of the molecule is C#CC#CC#CC#CC#CC#CC#CC#CC#CC#CC#COc1cc(C(=O)n2c(=O)ccn([C@@H]3O[C@H](CO)[C@H](OC(=O)CCC(C)=O)C3O[Si](C)(C)C(C)(C)C)c2=O)cc(C)c1C. The van der Waals surface area contributed by atoms with Gasteiger partial charge in [0, 0.05) is 95.3 Å². The summed E-state index contributed by atoms with van der Waals surface area (Å²) in [5, 5.41) is 9.97. The van der Waals surface area contributed by atoms with E-state index >= 15 is 0 Å². The molecule has 4 atom stereocenters. The molecule has 13 heteroatoms. The van der Waals surface area contributed by atoms with E-state index in [1.165, 1.54) is 19.1 Å². The van der Waals surface area contributed by atoms with Gasteiger partial charge in [-0.15, -0.1) is 6.42 Å². The number of hydrogen-bond acceptors (Lipinski definition) is 10. The first kappa shape index (κ1) is 50.1. The molecule has 2 aromatic rings. The molecule has 0 aliphatic carbocycles. The van der Waals surface area contributed by atoms with Crippen LogP contribution in [0.1, 0.15) is 68.2 Å². The van der Waals surface area contributed by atoms with E-state index in [1.54, 1.807) is 13.8 Å². The lowest BCUT2D eigenvalue weighted by atomic mass is 10.0. The molecular formula is C51H40N2O10Si. The van der Waals surface area contributed by atoms with Gasteiger partial charge < -0.3 is 28.5 Å². The number of hydrogen-bond donors (Lipinski definition) is 1. The normalized spacial score (nSPS) is 15.1. The topological polar surface area (TPSA) is 152 Å². The number of aryl methyl sites for hydroxylation is 1. The minimum absolute atomic E-state index is 0.0616. The zero-order chi connectivity index (χ0) is 47.3. The van der Waals surface area contributed by atoms with Gasteiger partial charge >= 0.3 is 11.7 Å². The van der Waals surface area contributed by atoms with Gasteiger partial charge in [-0.3, -0.25) is 19.0 Å². The van der Waals surface area contributed by atoms with E-state index in [-0.39, 0.29) is 35.0 Å². The Balaban J connectivity index is 1.85. The third-order valence-electron chi connectivity index (χ3n) is 9.41. The van der Waals surface area contributed by atoms with Crippen LogP contribution in [0.4, 0.5) is 0 Å². The highest BCUT2D eigenvalue weighted by atomic mass is 28.4. The van der Waals surface area contributed by atoms with Gasteiger partial charge in [-0.1, -0.05) is 20.8 Å². The Labute approximate surface area is 374 Å². The van der Waals surface area contributed by atoms with Gasteiger partial charge in [0.25, 0.3) is 11.5 Å². The van der Waals surface area contributed by atoms with E-state index in [9.17, 15) is 29.1 Å². The van der Waals surface area contributed by atoms with Gasteiger partial charge in [0.15, 0.2) is 20.6 Å². The third-order valence-corrected chi connectivity index (χ3v) is 13.9. The molecule has 0 spiro atoms. The fraction of sp³-hybridized carbons (Fsp3) is 0.314. The van der Waals surface area contributed by atoms with Crippen LogP contribution in [0.2, 0.25) is 18.1 Å². The molecule has 64 heavy (non-hydrogen) atoms. The van der Waals surface area contributed by atoms with Crippen LogP contribution in [0.5, 0.6) is 5.75 Å². The third kappa shape index (κ3) is 14.7. The molecule has 1 N–H and O–H groups in total. The van der Waals surface area contributed by atoms with E-state index in [2.05, 4.69) is 125 Å². The molecule has 1 aliphatic heterocycles. The van der Waals surface area contributed by atoms with Crippen LogP contribution in [0.3, 0.4) is 0 Å². The number of carbonyl (C=O) groups excluding carboxylic acids is 3. The van der Waals surface area contributed by atoms with Crippen molar-refractivity contribution in [2.75, 3.05) is 6.61 Å².